The van der Waals surface area contributed by atoms with E-state index < -0.39 is 10.0 Å². The molecule has 24 heavy (non-hydrogen) atoms. The first-order valence-electron chi connectivity index (χ1n) is 7.12. The fourth-order valence-corrected chi connectivity index (χ4v) is 4.17. The Labute approximate surface area is 150 Å². The van der Waals surface area contributed by atoms with Gasteiger partial charge in [-0.25, -0.2) is 8.42 Å². The van der Waals surface area contributed by atoms with Gasteiger partial charge >= 0.3 is 0 Å². The van der Waals surface area contributed by atoms with Crippen LogP contribution >= 0.6 is 23.2 Å². The fraction of sp³-hybridized carbons (Fsp3) is 0.188. The van der Waals surface area contributed by atoms with Gasteiger partial charge in [-0.3, -0.25) is 9.10 Å². The summed E-state index contributed by atoms with van der Waals surface area (Å²) in [4.78, 5) is 12.4. The van der Waals surface area contributed by atoms with E-state index in [1.165, 1.54) is 10.6 Å². The van der Waals surface area contributed by atoms with Gasteiger partial charge in [-0.1, -0.05) is 23.2 Å². The van der Waals surface area contributed by atoms with E-state index in [9.17, 15) is 13.2 Å². The van der Waals surface area contributed by atoms with E-state index in [-0.39, 0.29) is 5.91 Å². The summed E-state index contributed by atoms with van der Waals surface area (Å²) in [7, 11) is -3.30. The lowest BCUT2D eigenvalue weighted by molar-refractivity contribution is 0.102. The van der Waals surface area contributed by atoms with Gasteiger partial charge in [0.2, 0.25) is 10.0 Å². The summed E-state index contributed by atoms with van der Waals surface area (Å²) in [5, 5.41) is 3.59. The van der Waals surface area contributed by atoms with Crippen LogP contribution in [-0.4, -0.2) is 27.1 Å². The second-order valence-electron chi connectivity index (χ2n) is 5.54. The highest BCUT2D eigenvalue weighted by Crippen LogP contribution is 2.31. The number of fused-ring (bicyclic) bond motifs is 1. The molecule has 2 aromatic rings. The van der Waals surface area contributed by atoms with Crippen LogP contribution in [0.3, 0.4) is 0 Å². The molecule has 1 heterocycles. The van der Waals surface area contributed by atoms with Crippen LogP contribution in [0, 0.1) is 0 Å². The number of carbonyl (C=O) groups excluding carboxylic acids is 1. The van der Waals surface area contributed by atoms with Crippen molar-refractivity contribution in [3.05, 3.63) is 57.6 Å². The maximum atomic E-state index is 12.4. The number of nitrogens with zero attached hydrogens (tertiary/aromatic N) is 1. The Kier molecular flexibility index (Phi) is 4.46. The van der Waals surface area contributed by atoms with Gasteiger partial charge in [0.05, 0.1) is 11.9 Å². The first-order chi connectivity index (χ1) is 11.2. The first-order valence-corrected chi connectivity index (χ1v) is 9.72. The van der Waals surface area contributed by atoms with Crippen LogP contribution in [0.1, 0.15) is 15.9 Å². The Morgan fingerprint density at radius 3 is 2.42 bits per heavy atom. The largest absolute Gasteiger partial charge is 0.322 e. The molecule has 0 aliphatic carbocycles. The van der Waals surface area contributed by atoms with Crippen LogP contribution in [0.5, 0.6) is 0 Å². The Morgan fingerprint density at radius 1 is 1.12 bits per heavy atom. The topological polar surface area (TPSA) is 66.5 Å². The summed E-state index contributed by atoms with van der Waals surface area (Å²) in [6.45, 7) is 0.392. The Morgan fingerprint density at radius 2 is 1.79 bits per heavy atom. The van der Waals surface area contributed by atoms with Crippen LogP contribution in [-0.2, 0) is 16.4 Å². The molecule has 3 rings (SSSR count). The predicted octanol–water partition coefficient (Wildman–Crippen LogP) is 3.57. The third-order valence-corrected chi connectivity index (χ3v) is 5.33. The lowest BCUT2D eigenvalue weighted by Gasteiger charge is -2.16. The fourth-order valence-electron chi connectivity index (χ4n) is 2.69. The number of nitrogens with one attached hydrogen (secondary N) is 1. The molecular weight excluding hydrogens is 371 g/mol. The molecule has 5 nitrogen and oxygen atoms in total. The molecule has 1 aliphatic rings. The van der Waals surface area contributed by atoms with Crippen molar-refractivity contribution in [3.63, 3.8) is 0 Å². The number of sulfonamides is 1. The number of hydrogen-bond acceptors (Lipinski definition) is 3. The SMILES string of the molecule is CS(=O)(=O)N1CCc2cc(C(=O)Nc3cc(Cl)cc(Cl)c3)ccc21. The van der Waals surface area contributed by atoms with Crippen LogP contribution in [0.2, 0.25) is 10.0 Å². The van der Waals surface area contributed by atoms with Crippen LogP contribution in [0.15, 0.2) is 36.4 Å². The number of halogens is 2. The van der Waals surface area contributed by atoms with Gasteiger partial charge < -0.3 is 5.32 Å². The third-order valence-electron chi connectivity index (χ3n) is 3.72. The standard InChI is InChI=1S/C16H14Cl2N2O3S/c1-24(22,23)20-5-4-10-6-11(2-3-15(10)20)16(21)19-14-8-12(17)7-13(18)9-14/h2-3,6-9H,4-5H2,1H3,(H,19,21). The van der Waals surface area contributed by atoms with Gasteiger partial charge in [0, 0.05) is 27.8 Å². The summed E-state index contributed by atoms with van der Waals surface area (Å²) < 4.78 is 24.8. The van der Waals surface area contributed by atoms with Gasteiger partial charge in [-0.15, -0.1) is 0 Å². The zero-order chi connectivity index (χ0) is 17.5. The molecule has 2 aromatic carbocycles. The van der Waals surface area contributed by atoms with Gasteiger partial charge in [0.15, 0.2) is 0 Å². The van der Waals surface area contributed by atoms with E-state index in [1.54, 1.807) is 36.4 Å². The minimum absolute atomic E-state index is 0.311. The van der Waals surface area contributed by atoms with Gasteiger partial charge in [-0.05, 0) is 48.4 Å². The molecule has 0 bridgehead atoms. The van der Waals surface area contributed by atoms with E-state index in [4.69, 9.17) is 23.2 Å². The van der Waals surface area contributed by atoms with Crippen molar-refractivity contribution in [1.29, 1.82) is 0 Å². The van der Waals surface area contributed by atoms with E-state index in [1.807, 2.05) is 0 Å². The Balaban J connectivity index is 1.85. The Bertz CT molecular complexity index is 909. The highest BCUT2D eigenvalue weighted by atomic mass is 35.5. The summed E-state index contributed by atoms with van der Waals surface area (Å²) in [6, 6.07) is 9.75. The second kappa shape index (κ2) is 6.27. The number of hydrogen-bond donors (Lipinski definition) is 1. The number of anilines is 2. The van der Waals surface area contributed by atoms with Gasteiger partial charge in [0.25, 0.3) is 5.91 Å². The zero-order valence-corrected chi connectivity index (χ0v) is 15.0. The molecule has 126 valence electrons. The van der Waals surface area contributed by atoms with Crippen LogP contribution in [0.4, 0.5) is 11.4 Å². The maximum absolute atomic E-state index is 12.4. The molecule has 0 radical (unpaired) electrons. The predicted molar refractivity (Wildman–Crippen MR) is 96.8 cm³/mol. The van der Waals surface area contributed by atoms with E-state index in [0.29, 0.717) is 39.9 Å². The van der Waals surface area contributed by atoms with Crippen molar-refractivity contribution in [2.75, 3.05) is 22.4 Å². The molecule has 1 amide bonds. The summed E-state index contributed by atoms with van der Waals surface area (Å²) >= 11 is 11.8. The van der Waals surface area contributed by atoms with Gasteiger partial charge in [0.1, 0.15) is 0 Å². The number of benzene rings is 2. The van der Waals surface area contributed by atoms with E-state index in [2.05, 4.69) is 5.32 Å². The summed E-state index contributed by atoms with van der Waals surface area (Å²) in [5.41, 5.74) is 2.40. The van der Waals surface area contributed by atoms with Crippen molar-refractivity contribution >= 4 is 50.5 Å². The van der Waals surface area contributed by atoms with Crippen molar-refractivity contribution in [1.82, 2.24) is 0 Å². The smallest absolute Gasteiger partial charge is 0.255 e. The van der Waals surface area contributed by atoms with Crippen molar-refractivity contribution in [3.8, 4) is 0 Å². The van der Waals surface area contributed by atoms with Crippen molar-refractivity contribution in [2.24, 2.45) is 0 Å². The van der Waals surface area contributed by atoms with Crippen molar-refractivity contribution in [2.45, 2.75) is 6.42 Å². The molecule has 1 aliphatic heterocycles. The first kappa shape index (κ1) is 17.1. The quantitative estimate of drug-likeness (QED) is 0.879. The molecule has 0 spiro atoms. The summed E-state index contributed by atoms with van der Waals surface area (Å²) in [5.74, 6) is -0.311. The third kappa shape index (κ3) is 3.50. The maximum Gasteiger partial charge on any atom is 0.255 e. The minimum atomic E-state index is -3.30. The number of rotatable bonds is 3. The monoisotopic (exact) mass is 384 g/mol. The van der Waals surface area contributed by atoms with Crippen LogP contribution in [0.25, 0.3) is 0 Å². The summed E-state index contributed by atoms with van der Waals surface area (Å²) in [6.07, 6.45) is 1.75. The zero-order valence-electron chi connectivity index (χ0n) is 12.7. The average Bonchev–Trinajstić information content (AvgIpc) is 2.88. The molecule has 0 unspecified atom stereocenters. The molecule has 0 saturated carbocycles. The number of carbonyl (C=O) groups is 1. The normalized spacial score (nSPS) is 13.7. The Hall–Kier alpha value is -1.76. The molecular formula is C16H14Cl2N2O3S. The number of amides is 1. The highest BCUT2D eigenvalue weighted by Gasteiger charge is 2.26. The molecule has 8 heteroatoms. The molecule has 0 aromatic heterocycles. The van der Waals surface area contributed by atoms with Crippen LogP contribution < -0.4 is 9.62 Å². The lowest BCUT2D eigenvalue weighted by atomic mass is 10.1. The highest BCUT2D eigenvalue weighted by molar-refractivity contribution is 7.92. The van der Waals surface area contributed by atoms with Gasteiger partial charge in [-0.2, -0.15) is 0 Å². The van der Waals surface area contributed by atoms with E-state index >= 15 is 0 Å². The average molecular weight is 385 g/mol. The second-order valence-corrected chi connectivity index (χ2v) is 8.32. The molecule has 0 saturated heterocycles. The minimum Gasteiger partial charge on any atom is -0.322 e. The van der Waals surface area contributed by atoms with Crippen molar-refractivity contribution < 1.29 is 13.2 Å². The molecule has 0 atom stereocenters. The lowest BCUT2D eigenvalue weighted by Crippen LogP contribution is -2.27. The molecule has 0 fully saturated rings. The molecule has 1 N–H and O–H groups in total. The van der Waals surface area contributed by atoms with E-state index in [0.717, 1.165) is 5.56 Å².